The van der Waals surface area contributed by atoms with Crippen LogP contribution in [0, 0.1) is 0 Å². The first kappa shape index (κ1) is 7.97. The molecule has 0 spiro atoms. The van der Waals surface area contributed by atoms with Gasteiger partial charge in [-0.25, -0.2) is 4.79 Å². The van der Waals surface area contributed by atoms with Crippen molar-refractivity contribution in [2.75, 3.05) is 5.73 Å². The van der Waals surface area contributed by atoms with E-state index in [4.69, 9.17) is 10.8 Å². The molecule has 68 valence electrons. The molecule has 0 amide bonds. The summed E-state index contributed by atoms with van der Waals surface area (Å²) in [7, 11) is 0. The van der Waals surface area contributed by atoms with Crippen molar-refractivity contribution in [1.29, 1.82) is 0 Å². The van der Waals surface area contributed by atoms with Crippen molar-refractivity contribution in [3.63, 3.8) is 0 Å². The van der Waals surface area contributed by atoms with Crippen LogP contribution in [0.4, 0.5) is 5.82 Å². The van der Waals surface area contributed by atoms with E-state index in [1.54, 1.807) is 0 Å². The molecule has 5 nitrogen and oxygen atoms in total. The van der Waals surface area contributed by atoms with Crippen LogP contribution in [0.1, 0.15) is 34.8 Å². The number of aromatic nitrogens is 2. The first-order valence-corrected chi connectivity index (χ1v) is 4.05. The average Bonchev–Trinajstić information content (AvgIpc) is 2.87. The molecule has 13 heavy (non-hydrogen) atoms. The quantitative estimate of drug-likeness (QED) is 0.695. The summed E-state index contributed by atoms with van der Waals surface area (Å²) in [6.07, 6.45) is 2.13. The van der Waals surface area contributed by atoms with Crippen LogP contribution < -0.4 is 5.73 Å². The molecule has 2 rings (SSSR count). The Morgan fingerprint density at radius 1 is 1.54 bits per heavy atom. The van der Waals surface area contributed by atoms with Gasteiger partial charge >= 0.3 is 5.97 Å². The minimum absolute atomic E-state index is 0.0168. The lowest BCUT2D eigenvalue weighted by atomic mass is 10.2. The Morgan fingerprint density at radius 2 is 2.23 bits per heavy atom. The van der Waals surface area contributed by atoms with Crippen LogP contribution in [0.5, 0.6) is 0 Å². The number of nitrogens with two attached hydrogens (primary N) is 1. The van der Waals surface area contributed by atoms with Crippen LogP contribution >= 0.6 is 0 Å². The normalized spacial score (nSPS) is 15.7. The molecular formula is C8H9N3O2. The number of anilines is 1. The predicted molar refractivity (Wildman–Crippen MR) is 45.4 cm³/mol. The zero-order valence-electron chi connectivity index (χ0n) is 6.90. The van der Waals surface area contributed by atoms with Crippen molar-refractivity contribution < 1.29 is 9.90 Å². The van der Waals surface area contributed by atoms with Gasteiger partial charge in [-0.2, -0.15) is 5.10 Å². The van der Waals surface area contributed by atoms with Crippen molar-refractivity contribution in [3.8, 4) is 0 Å². The van der Waals surface area contributed by atoms with Crippen LogP contribution in [0.25, 0.3) is 0 Å². The van der Waals surface area contributed by atoms with Crippen LogP contribution in [-0.2, 0) is 0 Å². The maximum absolute atomic E-state index is 10.7. The molecule has 0 unspecified atom stereocenters. The molecule has 0 aromatic carbocycles. The summed E-state index contributed by atoms with van der Waals surface area (Å²) in [5.74, 6) is -0.669. The fraction of sp³-hybridized carbons (Fsp3) is 0.375. The largest absolute Gasteiger partial charge is 0.478 e. The lowest BCUT2D eigenvalue weighted by molar-refractivity contribution is 0.0697. The Morgan fingerprint density at radius 3 is 2.77 bits per heavy atom. The summed E-state index contributed by atoms with van der Waals surface area (Å²) in [4.78, 5) is 10.7. The number of carbonyl (C=O) groups is 1. The smallest absolute Gasteiger partial charge is 0.339 e. The third kappa shape index (κ3) is 1.44. The zero-order valence-corrected chi connectivity index (χ0v) is 6.90. The van der Waals surface area contributed by atoms with Crippen LogP contribution in [0.2, 0.25) is 0 Å². The molecule has 5 heteroatoms. The van der Waals surface area contributed by atoms with E-state index in [0.29, 0.717) is 5.92 Å². The Labute approximate surface area is 74.6 Å². The van der Waals surface area contributed by atoms with E-state index in [9.17, 15) is 4.79 Å². The van der Waals surface area contributed by atoms with Crippen molar-refractivity contribution in [1.82, 2.24) is 10.2 Å². The molecule has 1 fully saturated rings. The van der Waals surface area contributed by atoms with E-state index in [-0.39, 0.29) is 11.4 Å². The van der Waals surface area contributed by atoms with Gasteiger partial charge < -0.3 is 10.8 Å². The fourth-order valence-electron chi connectivity index (χ4n) is 1.17. The number of hydrogen-bond acceptors (Lipinski definition) is 4. The molecule has 1 aromatic rings. The van der Waals surface area contributed by atoms with E-state index < -0.39 is 5.97 Å². The fourth-order valence-corrected chi connectivity index (χ4v) is 1.17. The van der Waals surface area contributed by atoms with Gasteiger partial charge in [-0.15, -0.1) is 5.10 Å². The van der Waals surface area contributed by atoms with Gasteiger partial charge in [0.2, 0.25) is 0 Å². The minimum Gasteiger partial charge on any atom is -0.478 e. The van der Waals surface area contributed by atoms with Gasteiger partial charge in [0.1, 0.15) is 5.56 Å². The average molecular weight is 179 g/mol. The van der Waals surface area contributed by atoms with Crippen LogP contribution in [0.3, 0.4) is 0 Å². The molecule has 0 radical (unpaired) electrons. The van der Waals surface area contributed by atoms with E-state index in [2.05, 4.69) is 10.2 Å². The second kappa shape index (κ2) is 2.69. The van der Waals surface area contributed by atoms with Gasteiger partial charge in [0, 0.05) is 5.92 Å². The second-order valence-electron chi connectivity index (χ2n) is 3.15. The number of rotatable bonds is 2. The number of carboxylic acid groups (broad SMARTS) is 1. The molecule has 0 atom stereocenters. The Balaban J connectivity index is 2.41. The molecule has 0 saturated heterocycles. The number of nitrogens with zero attached hydrogens (tertiary/aromatic N) is 2. The van der Waals surface area contributed by atoms with Gasteiger partial charge in [-0.1, -0.05) is 0 Å². The SMILES string of the molecule is Nc1nnc(C2CC2)cc1C(=O)O. The summed E-state index contributed by atoms with van der Waals surface area (Å²) in [5.41, 5.74) is 6.15. The van der Waals surface area contributed by atoms with Crippen LogP contribution in [-0.4, -0.2) is 21.3 Å². The monoisotopic (exact) mass is 179 g/mol. The lowest BCUT2D eigenvalue weighted by Crippen LogP contribution is -2.07. The molecule has 3 N–H and O–H groups in total. The molecule has 0 aliphatic heterocycles. The maximum Gasteiger partial charge on any atom is 0.339 e. The van der Waals surface area contributed by atoms with Crippen molar-refractivity contribution in [2.24, 2.45) is 0 Å². The number of nitrogen functional groups attached to an aromatic ring is 1. The Kier molecular flexibility index (Phi) is 1.65. The second-order valence-corrected chi connectivity index (χ2v) is 3.15. The zero-order chi connectivity index (χ0) is 9.42. The molecule has 0 bridgehead atoms. The van der Waals surface area contributed by atoms with Crippen molar-refractivity contribution in [2.45, 2.75) is 18.8 Å². The highest BCUT2D eigenvalue weighted by Gasteiger charge is 2.26. The van der Waals surface area contributed by atoms with E-state index in [1.807, 2.05) is 0 Å². The minimum atomic E-state index is -1.05. The number of aromatic carboxylic acids is 1. The highest BCUT2D eigenvalue weighted by atomic mass is 16.4. The van der Waals surface area contributed by atoms with Crippen molar-refractivity contribution >= 4 is 11.8 Å². The summed E-state index contributed by atoms with van der Waals surface area (Å²) in [5, 5.41) is 16.2. The van der Waals surface area contributed by atoms with Gasteiger partial charge in [0.05, 0.1) is 5.69 Å². The summed E-state index contributed by atoms with van der Waals surface area (Å²) in [6, 6.07) is 1.52. The highest BCUT2D eigenvalue weighted by molar-refractivity contribution is 5.92. The number of hydrogen-bond donors (Lipinski definition) is 2. The van der Waals surface area contributed by atoms with Gasteiger partial charge in [0.15, 0.2) is 5.82 Å². The van der Waals surface area contributed by atoms with E-state index >= 15 is 0 Å². The Hall–Kier alpha value is -1.65. The maximum atomic E-state index is 10.7. The van der Waals surface area contributed by atoms with Gasteiger partial charge in [0.25, 0.3) is 0 Å². The Bertz CT molecular complexity index is 360. The first-order valence-electron chi connectivity index (χ1n) is 4.05. The summed E-state index contributed by atoms with van der Waals surface area (Å²) < 4.78 is 0. The van der Waals surface area contributed by atoms with Crippen molar-refractivity contribution in [3.05, 3.63) is 17.3 Å². The standard InChI is InChI=1S/C8H9N3O2/c9-7-5(8(12)13)3-6(10-11-7)4-1-2-4/h3-4H,1-2H2,(H2,9,11)(H,12,13). The molecule has 1 saturated carbocycles. The van der Waals surface area contributed by atoms with Crippen LogP contribution in [0.15, 0.2) is 6.07 Å². The van der Waals surface area contributed by atoms with E-state index in [0.717, 1.165) is 18.5 Å². The number of carboxylic acids is 1. The third-order valence-corrected chi connectivity index (χ3v) is 2.07. The summed E-state index contributed by atoms with van der Waals surface area (Å²) in [6.45, 7) is 0. The lowest BCUT2D eigenvalue weighted by Gasteiger charge is -2.00. The predicted octanol–water partition coefficient (Wildman–Crippen LogP) is 0.634. The van der Waals surface area contributed by atoms with E-state index in [1.165, 1.54) is 6.07 Å². The van der Waals surface area contributed by atoms with Gasteiger partial charge in [-0.3, -0.25) is 0 Å². The molecule has 1 aliphatic rings. The van der Waals surface area contributed by atoms with Gasteiger partial charge in [-0.05, 0) is 18.9 Å². The third-order valence-electron chi connectivity index (χ3n) is 2.07. The summed E-state index contributed by atoms with van der Waals surface area (Å²) >= 11 is 0. The molecular weight excluding hydrogens is 170 g/mol. The highest BCUT2D eigenvalue weighted by Crippen LogP contribution is 2.39. The molecule has 1 heterocycles. The first-order chi connectivity index (χ1) is 6.18. The topological polar surface area (TPSA) is 89.1 Å². The molecule has 1 aliphatic carbocycles. The molecule has 1 aromatic heterocycles.